The lowest BCUT2D eigenvalue weighted by atomic mass is 10.2. The average Bonchev–Trinajstić information content (AvgIpc) is 2.53. The highest BCUT2D eigenvalue weighted by Gasteiger charge is 2.13. The Labute approximate surface area is 119 Å². The van der Waals surface area contributed by atoms with Crippen LogP contribution in [0.2, 0.25) is 0 Å². The Morgan fingerprint density at radius 1 is 0.500 bits per heavy atom. The van der Waals surface area contributed by atoms with Gasteiger partial charge in [0.05, 0.1) is 22.8 Å². The molecule has 0 aliphatic rings. The monoisotopic (exact) mass is 272 g/mol. The van der Waals surface area contributed by atoms with Crippen molar-refractivity contribution in [2.24, 2.45) is 0 Å². The van der Waals surface area contributed by atoms with Crippen molar-refractivity contribution in [1.29, 1.82) is 0 Å². The largest absolute Gasteiger partial charge is 0.227 e. The molecule has 0 spiro atoms. The first-order chi connectivity index (χ1) is 9.73. The first-order valence-electron chi connectivity index (χ1n) is 7.18. The number of aryl methyl sites for hydroxylation is 4. The van der Waals surface area contributed by atoms with Crippen LogP contribution in [0.5, 0.6) is 0 Å². The van der Waals surface area contributed by atoms with E-state index in [4.69, 9.17) is 0 Å². The molecule has 20 heavy (non-hydrogen) atoms. The minimum absolute atomic E-state index is 0.462. The number of rotatable bonds is 5. The summed E-state index contributed by atoms with van der Waals surface area (Å²) in [6.07, 6.45) is 3.31. The van der Waals surface area contributed by atoms with Gasteiger partial charge >= 0.3 is 0 Å². The quantitative estimate of drug-likeness (QED) is 0.828. The van der Waals surface area contributed by atoms with E-state index in [-0.39, 0.29) is 0 Å². The van der Waals surface area contributed by atoms with Gasteiger partial charge in [0.25, 0.3) is 0 Å². The van der Waals surface area contributed by atoms with Gasteiger partial charge in [-0.2, -0.15) is 10.2 Å². The molecule has 6 heteroatoms. The zero-order valence-electron chi connectivity index (χ0n) is 12.5. The SMILES string of the molecule is CCc1nnc(-c2nnc(CC)c(CC)n2)nc1CC. The third-order valence-electron chi connectivity index (χ3n) is 3.22. The maximum atomic E-state index is 4.52. The Hall–Kier alpha value is -1.98. The number of nitrogens with zero attached hydrogens (tertiary/aromatic N) is 6. The smallest absolute Gasteiger partial charge is 0.221 e. The molecule has 0 atom stereocenters. The van der Waals surface area contributed by atoms with Gasteiger partial charge < -0.3 is 0 Å². The second-order valence-corrected chi connectivity index (χ2v) is 4.47. The van der Waals surface area contributed by atoms with Gasteiger partial charge in [-0.3, -0.25) is 0 Å². The van der Waals surface area contributed by atoms with Crippen LogP contribution in [0, 0.1) is 0 Å². The number of aromatic nitrogens is 6. The molecule has 0 radical (unpaired) electrons. The second kappa shape index (κ2) is 6.45. The number of hydrogen-bond donors (Lipinski definition) is 0. The van der Waals surface area contributed by atoms with Gasteiger partial charge in [-0.15, -0.1) is 10.2 Å². The molecule has 0 amide bonds. The fraction of sp³-hybridized carbons (Fsp3) is 0.571. The summed E-state index contributed by atoms with van der Waals surface area (Å²) in [4.78, 5) is 9.05. The van der Waals surface area contributed by atoms with Gasteiger partial charge in [-0.05, 0) is 25.7 Å². The average molecular weight is 272 g/mol. The van der Waals surface area contributed by atoms with Crippen molar-refractivity contribution < 1.29 is 0 Å². The molecule has 0 aliphatic heterocycles. The molecule has 6 nitrogen and oxygen atoms in total. The molecule has 2 rings (SSSR count). The third kappa shape index (κ3) is 2.79. The van der Waals surface area contributed by atoms with E-state index >= 15 is 0 Å². The van der Waals surface area contributed by atoms with Crippen LogP contribution in [-0.4, -0.2) is 30.4 Å². The van der Waals surface area contributed by atoms with Gasteiger partial charge in [0.15, 0.2) is 0 Å². The molecule has 106 valence electrons. The minimum atomic E-state index is 0.462. The zero-order chi connectivity index (χ0) is 14.5. The lowest BCUT2D eigenvalue weighted by molar-refractivity contribution is 0.790. The summed E-state index contributed by atoms with van der Waals surface area (Å²) in [6.45, 7) is 8.22. The summed E-state index contributed by atoms with van der Waals surface area (Å²) in [5.41, 5.74) is 3.78. The summed E-state index contributed by atoms with van der Waals surface area (Å²) in [5.74, 6) is 0.924. The molecule has 2 heterocycles. The molecular formula is C14H20N6. The second-order valence-electron chi connectivity index (χ2n) is 4.47. The molecule has 0 saturated carbocycles. The van der Waals surface area contributed by atoms with E-state index < -0.39 is 0 Å². The highest BCUT2D eigenvalue weighted by Crippen LogP contribution is 2.13. The van der Waals surface area contributed by atoms with Crippen molar-refractivity contribution in [2.75, 3.05) is 0 Å². The van der Waals surface area contributed by atoms with Gasteiger partial charge in [-0.25, -0.2) is 9.97 Å². The summed E-state index contributed by atoms with van der Waals surface area (Å²) in [7, 11) is 0. The van der Waals surface area contributed by atoms with Gasteiger partial charge in [-0.1, -0.05) is 27.7 Å². The molecule has 0 fully saturated rings. The molecule has 0 bridgehead atoms. The predicted molar refractivity (Wildman–Crippen MR) is 76.2 cm³/mol. The van der Waals surface area contributed by atoms with Crippen molar-refractivity contribution >= 4 is 0 Å². The van der Waals surface area contributed by atoms with E-state index in [2.05, 4.69) is 44.2 Å². The Morgan fingerprint density at radius 3 is 1.15 bits per heavy atom. The van der Waals surface area contributed by atoms with Crippen LogP contribution in [0.3, 0.4) is 0 Å². The van der Waals surface area contributed by atoms with Crippen molar-refractivity contribution in [1.82, 2.24) is 30.4 Å². The van der Waals surface area contributed by atoms with Crippen molar-refractivity contribution in [3.63, 3.8) is 0 Å². The summed E-state index contributed by atoms with van der Waals surface area (Å²) >= 11 is 0. The van der Waals surface area contributed by atoms with Crippen LogP contribution in [0.15, 0.2) is 0 Å². The minimum Gasteiger partial charge on any atom is -0.227 e. The van der Waals surface area contributed by atoms with Crippen LogP contribution >= 0.6 is 0 Å². The normalized spacial score (nSPS) is 10.8. The van der Waals surface area contributed by atoms with Gasteiger partial charge in [0.1, 0.15) is 0 Å². The molecule has 0 aromatic carbocycles. The lowest BCUT2D eigenvalue weighted by Gasteiger charge is -2.07. The first-order valence-corrected chi connectivity index (χ1v) is 7.18. The fourth-order valence-electron chi connectivity index (χ4n) is 2.07. The van der Waals surface area contributed by atoms with E-state index in [0.717, 1.165) is 48.5 Å². The van der Waals surface area contributed by atoms with E-state index in [1.807, 2.05) is 13.8 Å². The van der Waals surface area contributed by atoms with Crippen molar-refractivity contribution in [3.8, 4) is 11.6 Å². The summed E-state index contributed by atoms with van der Waals surface area (Å²) in [6, 6.07) is 0. The number of hydrogen-bond acceptors (Lipinski definition) is 6. The standard InChI is InChI=1S/C14H20N6/c1-5-9-11(7-3)17-19-13(15-9)14-16-10(6-2)12(8-4)18-20-14/h5-8H2,1-4H3. The lowest BCUT2D eigenvalue weighted by Crippen LogP contribution is -2.09. The summed E-state index contributed by atoms with van der Waals surface area (Å²) < 4.78 is 0. The molecule has 0 N–H and O–H groups in total. The van der Waals surface area contributed by atoms with Crippen LogP contribution < -0.4 is 0 Å². The van der Waals surface area contributed by atoms with Crippen molar-refractivity contribution in [2.45, 2.75) is 53.4 Å². The molecule has 2 aromatic heterocycles. The molecule has 2 aromatic rings. The zero-order valence-corrected chi connectivity index (χ0v) is 12.5. The first kappa shape index (κ1) is 14.4. The predicted octanol–water partition coefficient (Wildman–Crippen LogP) is 1.97. The molecule has 0 saturated heterocycles. The van der Waals surface area contributed by atoms with E-state index in [1.54, 1.807) is 0 Å². The van der Waals surface area contributed by atoms with Crippen LogP contribution in [0.25, 0.3) is 11.6 Å². The Bertz CT molecular complexity index is 543. The Morgan fingerprint density at radius 2 is 0.850 bits per heavy atom. The highest BCUT2D eigenvalue weighted by atomic mass is 15.2. The maximum absolute atomic E-state index is 4.52. The Kier molecular flexibility index (Phi) is 4.65. The van der Waals surface area contributed by atoms with Gasteiger partial charge in [0, 0.05) is 0 Å². The van der Waals surface area contributed by atoms with Crippen LogP contribution in [0.4, 0.5) is 0 Å². The fourth-order valence-corrected chi connectivity index (χ4v) is 2.07. The van der Waals surface area contributed by atoms with E-state index in [9.17, 15) is 0 Å². The molecule has 0 aliphatic carbocycles. The van der Waals surface area contributed by atoms with Crippen molar-refractivity contribution in [3.05, 3.63) is 22.8 Å². The maximum Gasteiger partial charge on any atom is 0.221 e. The highest BCUT2D eigenvalue weighted by molar-refractivity contribution is 5.42. The van der Waals surface area contributed by atoms with Crippen LogP contribution in [0.1, 0.15) is 50.5 Å². The van der Waals surface area contributed by atoms with E-state index in [0.29, 0.717) is 11.6 Å². The summed E-state index contributed by atoms with van der Waals surface area (Å²) in [5, 5.41) is 16.7. The Balaban J connectivity index is 2.46. The molecular weight excluding hydrogens is 252 g/mol. The molecule has 0 unspecified atom stereocenters. The van der Waals surface area contributed by atoms with Crippen LogP contribution in [-0.2, 0) is 25.7 Å². The third-order valence-corrected chi connectivity index (χ3v) is 3.22. The van der Waals surface area contributed by atoms with Gasteiger partial charge in [0.2, 0.25) is 11.6 Å². The topological polar surface area (TPSA) is 77.3 Å². The van der Waals surface area contributed by atoms with E-state index in [1.165, 1.54) is 0 Å².